The third-order valence-corrected chi connectivity index (χ3v) is 3.69. The lowest BCUT2D eigenvalue weighted by atomic mass is 10.00. The van der Waals surface area contributed by atoms with Gasteiger partial charge in [-0.1, -0.05) is 20.3 Å². The number of carbonyl (C=O) groups is 1. The molecule has 1 saturated carbocycles. The molecule has 0 saturated heterocycles. The molecule has 0 radical (unpaired) electrons. The quantitative estimate of drug-likeness (QED) is 0.854. The van der Waals surface area contributed by atoms with E-state index in [0.717, 1.165) is 25.8 Å². The Morgan fingerprint density at radius 3 is 3.00 bits per heavy atom. The molecule has 0 bridgehead atoms. The monoisotopic (exact) mass is 264 g/mol. The van der Waals surface area contributed by atoms with Crippen molar-refractivity contribution in [1.82, 2.24) is 9.55 Å². The molecule has 1 heterocycles. The summed E-state index contributed by atoms with van der Waals surface area (Å²) in [7, 11) is 0. The Morgan fingerprint density at radius 1 is 1.58 bits per heavy atom. The summed E-state index contributed by atoms with van der Waals surface area (Å²) in [6, 6.07) is 0.182. The number of aromatic nitrogens is 2. The molecular formula is C14H24N4O. The van der Waals surface area contributed by atoms with E-state index < -0.39 is 0 Å². The molecule has 1 aromatic rings. The molecule has 1 aliphatic carbocycles. The van der Waals surface area contributed by atoms with Crippen molar-refractivity contribution in [3.8, 4) is 0 Å². The van der Waals surface area contributed by atoms with Gasteiger partial charge >= 0.3 is 0 Å². The lowest BCUT2D eigenvalue weighted by Crippen LogP contribution is -2.28. The van der Waals surface area contributed by atoms with Crippen LogP contribution in [0.15, 0.2) is 12.4 Å². The van der Waals surface area contributed by atoms with E-state index in [2.05, 4.69) is 24.1 Å². The molecule has 2 atom stereocenters. The van der Waals surface area contributed by atoms with Crippen molar-refractivity contribution >= 4 is 11.9 Å². The molecule has 5 nitrogen and oxygen atoms in total. The Bertz CT molecular complexity index is 427. The van der Waals surface area contributed by atoms with Crippen LogP contribution in [0.5, 0.6) is 0 Å². The standard InChI is InChI=1S/C14H24N4O/c1-10(2)9-18-7-6-16-14(18)17-13(19)8-11-4-3-5-12(11)15/h6-7,10-12H,3-5,8-9,15H2,1-2H3,(H,16,17,19)/t11-,12+/m0/s1. The van der Waals surface area contributed by atoms with E-state index in [-0.39, 0.29) is 11.9 Å². The zero-order valence-electron chi connectivity index (χ0n) is 11.8. The highest BCUT2D eigenvalue weighted by Crippen LogP contribution is 2.27. The van der Waals surface area contributed by atoms with E-state index in [1.54, 1.807) is 6.20 Å². The molecule has 1 fully saturated rings. The maximum Gasteiger partial charge on any atom is 0.227 e. The number of carbonyl (C=O) groups excluding carboxylic acids is 1. The van der Waals surface area contributed by atoms with E-state index in [1.807, 2.05) is 10.8 Å². The molecule has 1 aromatic heterocycles. The normalized spacial score (nSPS) is 22.9. The second kappa shape index (κ2) is 6.19. The molecule has 0 aromatic carbocycles. The summed E-state index contributed by atoms with van der Waals surface area (Å²) >= 11 is 0. The van der Waals surface area contributed by atoms with Crippen LogP contribution in [0.4, 0.5) is 5.95 Å². The third-order valence-electron chi connectivity index (χ3n) is 3.69. The summed E-state index contributed by atoms with van der Waals surface area (Å²) in [5, 5.41) is 2.90. The minimum atomic E-state index is 0.0264. The van der Waals surface area contributed by atoms with E-state index in [0.29, 0.717) is 24.2 Å². The number of hydrogen-bond donors (Lipinski definition) is 2. The number of nitrogens with one attached hydrogen (secondary N) is 1. The molecule has 3 N–H and O–H groups in total. The van der Waals surface area contributed by atoms with Gasteiger partial charge in [-0.3, -0.25) is 10.1 Å². The van der Waals surface area contributed by atoms with Gasteiger partial charge in [0.2, 0.25) is 11.9 Å². The maximum atomic E-state index is 12.0. The van der Waals surface area contributed by atoms with Crippen LogP contribution in [0.3, 0.4) is 0 Å². The van der Waals surface area contributed by atoms with Crippen molar-refractivity contribution in [3.63, 3.8) is 0 Å². The maximum absolute atomic E-state index is 12.0. The first-order valence-electron chi connectivity index (χ1n) is 7.13. The van der Waals surface area contributed by atoms with Gasteiger partial charge < -0.3 is 10.3 Å². The largest absolute Gasteiger partial charge is 0.327 e. The van der Waals surface area contributed by atoms with Crippen LogP contribution in [-0.2, 0) is 11.3 Å². The average Bonchev–Trinajstić information content (AvgIpc) is 2.90. The lowest BCUT2D eigenvalue weighted by molar-refractivity contribution is -0.117. The smallest absolute Gasteiger partial charge is 0.227 e. The van der Waals surface area contributed by atoms with Gasteiger partial charge in [0.15, 0.2) is 0 Å². The highest BCUT2D eigenvalue weighted by Gasteiger charge is 2.26. The van der Waals surface area contributed by atoms with Gasteiger partial charge in [0, 0.05) is 31.4 Å². The van der Waals surface area contributed by atoms with Crippen LogP contribution in [-0.4, -0.2) is 21.5 Å². The highest BCUT2D eigenvalue weighted by molar-refractivity contribution is 5.89. The van der Waals surface area contributed by atoms with Crippen molar-refractivity contribution in [2.75, 3.05) is 5.32 Å². The van der Waals surface area contributed by atoms with Crippen molar-refractivity contribution in [2.45, 2.75) is 52.1 Å². The second-order valence-corrected chi connectivity index (χ2v) is 5.90. The predicted octanol–water partition coefficient (Wildman–Crippen LogP) is 2.00. The number of amides is 1. The van der Waals surface area contributed by atoms with Crippen molar-refractivity contribution in [3.05, 3.63) is 12.4 Å². The molecule has 0 spiro atoms. The Morgan fingerprint density at radius 2 is 2.37 bits per heavy atom. The summed E-state index contributed by atoms with van der Waals surface area (Å²) in [6.45, 7) is 5.14. The van der Waals surface area contributed by atoms with Crippen LogP contribution < -0.4 is 11.1 Å². The number of hydrogen-bond acceptors (Lipinski definition) is 3. The van der Waals surface area contributed by atoms with Crippen molar-refractivity contribution < 1.29 is 4.79 Å². The van der Waals surface area contributed by atoms with E-state index in [4.69, 9.17) is 5.73 Å². The molecule has 2 rings (SSSR count). The average molecular weight is 264 g/mol. The van der Waals surface area contributed by atoms with Gasteiger partial charge in [0.25, 0.3) is 0 Å². The zero-order valence-corrected chi connectivity index (χ0v) is 11.8. The Balaban J connectivity index is 1.90. The number of imidazole rings is 1. The first kappa shape index (κ1) is 14.1. The molecule has 1 amide bonds. The summed E-state index contributed by atoms with van der Waals surface area (Å²) in [5.74, 6) is 1.52. The molecule has 0 unspecified atom stereocenters. The summed E-state index contributed by atoms with van der Waals surface area (Å²) in [6.07, 6.45) is 7.38. The number of nitrogens with zero attached hydrogens (tertiary/aromatic N) is 2. The third kappa shape index (κ3) is 3.80. The van der Waals surface area contributed by atoms with Gasteiger partial charge in [-0.25, -0.2) is 4.98 Å². The minimum absolute atomic E-state index is 0.0264. The Hall–Kier alpha value is -1.36. The second-order valence-electron chi connectivity index (χ2n) is 5.90. The lowest BCUT2D eigenvalue weighted by Gasteiger charge is -2.15. The van der Waals surface area contributed by atoms with Gasteiger partial charge in [0.1, 0.15) is 0 Å². The summed E-state index contributed by atoms with van der Waals surface area (Å²) in [4.78, 5) is 16.2. The Labute approximate surface area is 114 Å². The molecule has 106 valence electrons. The van der Waals surface area contributed by atoms with Crippen molar-refractivity contribution in [2.24, 2.45) is 17.6 Å². The first-order chi connectivity index (χ1) is 9.06. The molecule has 19 heavy (non-hydrogen) atoms. The van der Waals surface area contributed by atoms with E-state index in [9.17, 15) is 4.79 Å². The van der Waals surface area contributed by atoms with Crippen LogP contribution in [0.1, 0.15) is 39.5 Å². The zero-order chi connectivity index (χ0) is 13.8. The predicted molar refractivity (Wildman–Crippen MR) is 75.6 cm³/mol. The fourth-order valence-electron chi connectivity index (χ4n) is 2.71. The van der Waals surface area contributed by atoms with E-state index >= 15 is 0 Å². The molecule has 1 aliphatic rings. The fraction of sp³-hybridized carbons (Fsp3) is 0.714. The molecule has 0 aliphatic heterocycles. The highest BCUT2D eigenvalue weighted by atomic mass is 16.1. The molecular weight excluding hydrogens is 240 g/mol. The van der Waals surface area contributed by atoms with Gasteiger partial charge in [-0.05, 0) is 24.7 Å². The summed E-state index contributed by atoms with van der Waals surface area (Å²) < 4.78 is 1.98. The number of nitrogens with two attached hydrogens (primary N) is 1. The Kier molecular flexibility index (Phi) is 4.58. The van der Waals surface area contributed by atoms with Crippen LogP contribution in [0.25, 0.3) is 0 Å². The van der Waals surface area contributed by atoms with Gasteiger partial charge in [0.05, 0.1) is 0 Å². The van der Waals surface area contributed by atoms with Crippen molar-refractivity contribution in [1.29, 1.82) is 0 Å². The summed E-state index contributed by atoms with van der Waals surface area (Å²) in [5.41, 5.74) is 6.00. The van der Waals surface area contributed by atoms with Crippen LogP contribution in [0, 0.1) is 11.8 Å². The first-order valence-corrected chi connectivity index (χ1v) is 7.13. The topological polar surface area (TPSA) is 72.9 Å². The molecule has 5 heteroatoms. The van der Waals surface area contributed by atoms with Crippen LogP contribution in [0.2, 0.25) is 0 Å². The number of anilines is 1. The van der Waals surface area contributed by atoms with E-state index in [1.165, 1.54) is 0 Å². The minimum Gasteiger partial charge on any atom is -0.327 e. The fourth-order valence-corrected chi connectivity index (χ4v) is 2.71. The number of rotatable bonds is 5. The van der Waals surface area contributed by atoms with Gasteiger partial charge in [-0.15, -0.1) is 0 Å². The van der Waals surface area contributed by atoms with Gasteiger partial charge in [-0.2, -0.15) is 0 Å². The van der Waals surface area contributed by atoms with Crippen LogP contribution >= 0.6 is 0 Å². The SMILES string of the molecule is CC(C)Cn1ccnc1NC(=O)C[C@@H]1CCC[C@H]1N.